The molecule has 2 aromatic rings. The number of nitrogens with zero attached hydrogens (tertiary/aromatic N) is 3. The molecule has 0 atom stereocenters. The number of pyridine rings is 1. The highest BCUT2D eigenvalue weighted by atomic mass is 16.5. The van der Waals surface area contributed by atoms with E-state index in [1.54, 1.807) is 12.4 Å². The van der Waals surface area contributed by atoms with Crippen molar-refractivity contribution in [3.05, 3.63) is 35.8 Å². The molecule has 0 saturated carbocycles. The van der Waals surface area contributed by atoms with Crippen LogP contribution < -0.4 is 5.73 Å². The molecule has 0 radical (unpaired) electrons. The van der Waals surface area contributed by atoms with E-state index in [4.69, 9.17) is 10.5 Å². The van der Waals surface area contributed by atoms with Crippen LogP contribution in [-0.2, 0) is 17.8 Å². The Morgan fingerprint density at radius 1 is 1.18 bits per heavy atom. The summed E-state index contributed by atoms with van der Waals surface area (Å²) >= 11 is 0. The van der Waals surface area contributed by atoms with Crippen LogP contribution in [0.5, 0.6) is 0 Å². The number of nitrogen functional groups attached to an aromatic ring is 1. The van der Waals surface area contributed by atoms with E-state index in [0.717, 1.165) is 23.2 Å². The second-order valence-electron chi connectivity index (χ2n) is 3.90. The van der Waals surface area contributed by atoms with Crippen molar-refractivity contribution in [3.63, 3.8) is 0 Å². The van der Waals surface area contributed by atoms with Gasteiger partial charge in [0.1, 0.15) is 5.82 Å². The van der Waals surface area contributed by atoms with Gasteiger partial charge in [-0.2, -0.15) is 0 Å². The summed E-state index contributed by atoms with van der Waals surface area (Å²) < 4.78 is 5.35. The van der Waals surface area contributed by atoms with Crippen molar-refractivity contribution >= 4 is 5.82 Å². The van der Waals surface area contributed by atoms with Gasteiger partial charge >= 0.3 is 0 Å². The first-order valence-electron chi connectivity index (χ1n) is 5.48. The summed E-state index contributed by atoms with van der Waals surface area (Å²) in [5.74, 6) is 1.17. The van der Waals surface area contributed by atoms with Gasteiger partial charge in [-0.15, -0.1) is 0 Å². The molecule has 0 unspecified atom stereocenters. The molecule has 3 rings (SSSR count). The second-order valence-corrected chi connectivity index (χ2v) is 3.90. The standard InChI is InChI=1S/C12H12N4O/c13-11-9-7-17-6-3-10(9)15-12(16-11)8-1-4-14-5-2-8/h1-2,4-5H,3,6-7H2,(H2,13,15,16). The Morgan fingerprint density at radius 2 is 2.00 bits per heavy atom. The third kappa shape index (κ3) is 1.85. The number of fused-ring (bicyclic) bond motifs is 1. The zero-order valence-corrected chi connectivity index (χ0v) is 9.26. The van der Waals surface area contributed by atoms with E-state index >= 15 is 0 Å². The first kappa shape index (κ1) is 10.2. The number of hydrogen-bond donors (Lipinski definition) is 1. The van der Waals surface area contributed by atoms with E-state index in [1.807, 2.05) is 12.1 Å². The highest BCUT2D eigenvalue weighted by Crippen LogP contribution is 2.23. The van der Waals surface area contributed by atoms with Crippen LogP contribution in [0.3, 0.4) is 0 Å². The molecule has 0 bridgehead atoms. The molecular formula is C12H12N4O. The Morgan fingerprint density at radius 3 is 2.82 bits per heavy atom. The number of anilines is 1. The van der Waals surface area contributed by atoms with Gasteiger partial charge in [0, 0.05) is 29.9 Å². The molecular weight excluding hydrogens is 216 g/mol. The molecule has 0 aromatic carbocycles. The molecule has 2 N–H and O–H groups in total. The van der Waals surface area contributed by atoms with Gasteiger partial charge in [0.2, 0.25) is 0 Å². The molecule has 0 spiro atoms. The lowest BCUT2D eigenvalue weighted by Gasteiger charge is -2.17. The molecule has 5 heteroatoms. The molecule has 0 saturated heterocycles. The summed E-state index contributed by atoms with van der Waals surface area (Å²) in [6, 6.07) is 3.75. The number of ether oxygens (including phenoxy) is 1. The van der Waals surface area contributed by atoms with Gasteiger partial charge in [0.25, 0.3) is 0 Å². The van der Waals surface area contributed by atoms with Crippen molar-refractivity contribution in [3.8, 4) is 11.4 Å². The average molecular weight is 228 g/mol. The summed E-state index contributed by atoms with van der Waals surface area (Å²) in [7, 11) is 0. The summed E-state index contributed by atoms with van der Waals surface area (Å²) in [5, 5.41) is 0. The monoisotopic (exact) mass is 228 g/mol. The molecule has 0 aliphatic carbocycles. The minimum atomic E-state index is 0.512. The van der Waals surface area contributed by atoms with Crippen LogP contribution >= 0.6 is 0 Å². The van der Waals surface area contributed by atoms with Crippen LogP contribution in [0, 0.1) is 0 Å². The third-order valence-corrected chi connectivity index (χ3v) is 2.79. The fourth-order valence-electron chi connectivity index (χ4n) is 1.89. The molecule has 17 heavy (non-hydrogen) atoms. The topological polar surface area (TPSA) is 73.9 Å². The molecule has 0 fully saturated rings. The maximum absolute atomic E-state index is 5.93. The van der Waals surface area contributed by atoms with Crippen molar-refractivity contribution in [2.75, 3.05) is 12.3 Å². The van der Waals surface area contributed by atoms with Crippen molar-refractivity contribution in [1.29, 1.82) is 0 Å². The lowest BCUT2D eigenvalue weighted by Crippen LogP contribution is -2.16. The first-order valence-corrected chi connectivity index (χ1v) is 5.48. The van der Waals surface area contributed by atoms with Gasteiger partial charge in [-0.3, -0.25) is 4.98 Å². The van der Waals surface area contributed by atoms with Gasteiger partial charge in [-0.05, 0) is 12.1 Å². The van der Waals surface area contributed by atoms with Gasteiger partial charge in [0.05, 0.1) is 18.9 Å². The van der Waals surface area contributed by atoms with E-state index in [1.165, 1.54) is 0 Å². The lowest BCUT2D eigenvalue weighted by molar-refractivity contribution is 0.109. The fourth-order valence-corrected chi connectivity index (χ4v) is 1.89. The number of nitrogens with two attached hydrogens (primary N) is 1. The van der Waals surface area contributed by atoms with Gasteiger partial charge in [-0.1, -0.05) is 0 Å². The van der Waals surface area contributed by atoms with Crippen LogP contribution in [0.4, 0.5) is 5.82 Å². The molecule has 1 aliphatic heterocycles. The Kier molecular flexibility index (Phi) is 2.45. The molecule has 5 nitrogen and oxygen atoms in total. The fraction of sp³-hybridized carbons (Fsp3) is 0.250. The maximum Gasteiger partial charge on any atom is 0.161 e. The van der Waals surface area contributed by atoms with Crippen LogP contribution in [0.2, 0.25) is 0 Å². The lowest BCUT2D eigenvalue weighted by atomic mass is 10.1. The zero-order chi connectivity index (χ0) is 11.7. The zero-order valence-electron chi connectivity index (χ0n) is 9.26. The number of rotatable bonds is 1. The van der Waals surface area contributed by atoms with Crippen molar-refractivity contribution in [2.24, 2.45) is 0 Å². The highest BCUT2D eigenvalue weighted by molar-refractivity contribution is 5.58. The van der Waals surface area contributed by atoms with Crippen molar-refractivity contribution in [2.45, 2.75) is 13.0 Å². The van der Waals surface area contributed by atoms with E-state index in [9.17, 15) is 0 Å². The number of aromatic nitrogens is 3. The Hall–Kier alpha value is -2.01. The van der Waals surface area contributed by atoms with Crippen LogP contribution in [0.15, 0.2) is 24.5 Å². The van der Waals surface area contributed by atoms with E-state index in [2.05, 4.69) is 15.0 Å². The Labute approximate surface area is 98.7 Å². The van der Waals surface area contributed by atoms with Gasteiger partial charge < -0.3 is 10.5 Å². The van der Waals surface area contributed by atoms with Crippen LogP contribution in [0.25, 0.3) is 11.4 Å². The summed E-state index contributed by atoms with van der Waals surface area (Å²) in [6.07, 6.45) is 4.23. The summed E-state index contributed by atoms with van der Waals surface area (Å²) in [4.78, 5) is 12.8. The maximum atomic E-state index is 5.93. The van der Waals surface area contributed by atoms with Gasteiger partial charge in [0.15, 0.2) is 5.82 Å². The molecule has 3 heterocycles. The van der Waals surface area contributed by atoms with E-state index in [0.29, 0.717) is 24.9 Å². The normalized spacial score (nSPS) is 14.4. The predicted octanol–water partition coefficient (Wildman–Crippen LogP) is 1.19. The van der Waals surface area contributed by atoms with Gasteiger partial charge in [-0.25, -0.2) is 9.97 Å². The SMILES string of the molecule is Nc1nc(-c2ccncc2)nc2c1COCC2. The largest absolute Gasteiger partial charge is 0.383 e. The predicted molar refractivity (Wildman–Crippen MR) is 63.0 cm³/mol. The Bertz CT molecular complexity index is 542. The van der Waals surface area contributed by atoms with Crippen molar-refractivity contribution in [1.82, 2.24) is 15.0 Å². The molecule has 2 aromatic heterocycles. The van der Waals surface area contributed by atoms with Crippen LogP contribution in [0.1, 0.15) is 11.3 Å². The highest BCUT2D eigenvalue weighted by Gasteiger charge is 2.16. The van der Waals surface area contributed by atoms with E-state index < -0.39 is 0 Å². The quantitative estimate of drug-likeness (QED) is 0.793. The summed E-state index contributed by atoms with van der Waals surface area (Å²) in [6.45, 7) is 1.21. The first-order chi connectivity index (χ1) is 8.34. The second kappa shape index (κ2) is 4.10. The van der Waals surface area contributed by atoms with Crippen molar-refractivity contribution < 1.29 is 4.74 Å². The third-order valence-electron chi connectivity index (χ3n) is 2.79. The van der Waals surface area contributed by atoms with E-state index in [-0.39, 0.29) is 0 Å². The van der Waals surface area contributed by atoms with Crippen LogP contribution in [-0.4, -0.2) is 21.6 Å². The Balaban J connectivity index is 2.11. The average Bonchev–Trinajstić information content (AvgIpc) is 2.40. The molecule has 1 aliphatic rings. The molecule has 86 valence electrons. The minimum absolute atomic E-state index is 0.512. The number of hydrogen-bond acceptors (Lipinski definition) is 5. The smallest absolute Gasteiger partial charge is 0.161 e. The minimum Gasteiger partial charge on any atom is -0.383 e. The summed E-state index contributed by atoms with van der Waals surface area (Å²) in [5.41, 5.74) is 8.79. The molecule has 0 amide bonds.